The van der Waals surface area contributed by atoms with E-state index in [4.69, 9.17) is 5.26 Å². The Morgan fingerprint density at radius 1 is 1.47 bits per heavy atom. The Hall–Kier alpha value is -1.40. The number of nitrogens with zero attached hydrogens (tertiary/aromatic N) is 1. The van der Waals surface area contributed by atoms with Gasteiger partial charge in [0, 0.05) is 6.54 Å². The lowest BCUT2D eigenvalue weighted by atomic mass is 10.1. The Morgan fingerprint density at radius 2 is 2.27 bits per heavy atom. The number of halogens is 1. The average Bonchev–Trinajstić information content (AvgIpc) is 2.25. The van der Waals surface area contributed by atoms with Gasteiger partial charge in [-0.15, -0.1) is 0 Å². The molecule has 0 aliphatic heterocycles. The summed E-state index contributed by atoms with van der Waals surface area (Å²) in [4.78, 5) is 0. The summed E-state index contributed by atoms with van der Waals surface area (Å²) in [5.41, 5.74) is 0.981. The van der Waals surface area contributed by atoms with Crippen molar-refractivity contribution in [3.8, 4) is 6.07 Å². The summed E-state index contributed by atoms with van der Waals surface area (Å²) in [6.45, 7) is 3.73. The maximum atomic E-state index is 13.2. The molecule has 1 aromatic carbocycles. The molecule has 3 heteroatoms. The molecule has 0 spiro atoms. The lowest BCUT2D eigenvalue weighted by Gasteiger charge is -2.04. The van der Waals surface area contributed by atoms with E-state index in [0.717, 1.165) is 24.9 Å². The molecule has 0 fully saturated rings. The molecule has 0 heterocycles. The Bertz CT molecular complexity index is 355. The Balaban J connectivity index is 2.49. The maximum Gasteiger partial charge on any atom is 0.141 e. The first-order valence-electron chi connectivity index (χ1n) is 5.17. The van der Waals surface area contributed by atoms with E-state index in [9.17, 15) is 4.39 Å². The van der Waals surface area contributed by atoms with Gasteiger partial charge in [0.2, 0.25) is 0 Å². The first kappa shape index (κ1) is 11.7. The second-order valence-electron chi connectivity index (χ2n) is 3.46. The van der Waals surface area contributed by atoms with Gasteiger partial charge >= 0.3 is 0 Å². The molecule has 0 radical (unpaired) electrons. The lowest BCUT2D eigenvalue weighted by molar-refractivity contribution is 0.611. The van der Waals surface area contributed by atoms with Crippen molar-refractivity contribution in [2.75, 3.05) is 6.54 Å². The number of rotatable bonds is 5. The molecule has 0 bridgehead atoms. The predicted octanol–water partition coefficient (Wildman–Crippen LogP) is 2.59. The van der Waals surface area contributed by atoms with E-state index in [2.05, 4.69) is 12.2 Å². The van der Waals surface area contributed by atoms with Gasteiger partial charge in [0.05, 0.1) is 5.56 Å². The summed E-state index contributed by atoms with van der Waals surface area (Å²) < 4.78 is 13.2. The topological polar surface area (TPSA) is 35.8 Å². The average molecular weight is 206 g/mol. The van der Waals surface area contributed by atoms with Crippen LogP contribution in [0, 0.1) is 17.1 Å². The minimum Gasteiger partial charge on any atom is -0.313 e. The van der Waals surface area contributed by atoms with Crippen LogP contribution in [0.4, 0.5) is 4.39 Å². The fraction of sp³-hybridized carbons (Fsp3) is 0.417. The molecule has 0 unspecified atom stereocenters. The Morgan fingerprint density at radius 3 is 2.87 bits per heavy atom. The van der Waals surface area contributed by atoms with Gasteiger partial charge in [0.1, 0.15) is 11.9 Å². The molecule has 0 aliphatic rings. The molecule has 0 aliphatic carbocycles. The number of hydrogen-bond acceptors (Lipinski definition) is 2. The molecule has 0 saturated carbocycles. The number of nitrogens with one attached hydrogen (secondary N) is 1. The van der Waals surface area contributed by atoms with Crippen LogP contribution in [0.25, 0.3) is 0 Å². The van der Waals surface area contributed by atoms with E-state index in [1.807, 2.05) is 0 Å². The van der Waals surface area contributed by atoms with E-state index in [1.54, 1.807) is 12.1 Å². The van der Waals surface area contributed by atoms with Crippen LogP contribution in [0.5, 0.6) is 0 Å². The standard InChI is InChI=1S/C12H15FN2/c1-2-3-6-15-9-10-4-5-11(8-14)12(13)7-10/h4-5,7,15H,2-3,6,9H2,1H3. The van der Waals surface area contributed by atoms with Crippen LogP contribution < -0.4 is 5.32 Å². The maximum absolute atomic E-state index is 13.2. The van der Waals surface area contributed by atoms with Gasteiger partial charge in [-0.3, -0.25) is 0 Å². The van der Waals surface area contributed by atoms with E-state index in [1.165, 1.54) is 12.1 Å². The monoisotopic (exact) mass is 206 g/mol. The molecule has 1 N–H and O–H groups in total. The molecule has 0 saturated heterocycles. The van der Waals surface area contributed by atoms with Gasteiger partial charge in [0.15, 0.2) is 0 Å². The highest BCUT2D eigenvalue weighted by Crippen LogP contribution is 2.09. The normalized spacial score (nSPS) is 9.93. The number of benzene rings is 1. The molecule has 1 aromatic rings. The van der Waals surface area contributed by atoms with Crippen molar-refractivity contribution < 1.29 is 4.39 Å². The minimum atomic E-state index is -0.438. The van der Waals surface area contributed by atoms with E-state index < -0.39 is 5.82 Å². The molecule has 0 atom stereocenters. The zero-order chi connectivity index (χ0) is 11.1. The quantitative estimate of drug-likeness (QED) is 0.751. The predicted molar refractivity (Wildman–Crippen MR) is 57.7 cm³/mol. The minimum absolute atomic E-state index is 0.104. The smallest absolute Gasteiger partial charge is 0.141 e. The summed E-state index contributed by atoms with van der Waals surface area (Å²) in [5, 5.41) is 11.8. The SMILES string of the molecule is CCCCNCc1ccc(C#N)c(F)c1. The van der Waals surface area contributed by atoms with E-state index >= 15 is 0 Å². The summed E-state index contributed by atoms with van der Waals surface area (Å²) >= 11 is 0. The zero-order valence-electron chi connectivity index (χ0n) is 8.89. The van der Waals surface area contributed by atoms with E-state index in [-0.39, 0.29) is 5.56 Å². The number of nitriles is 1. The van der Waals surface area contributed by atoms with Crippen LogP contribution in [0.15, 0.2) is 18.2 Å². The van der Waals surface area contributed by atoms with Crippen molar-refractivity contribution >= 4 is 0 Å². The highest BCUT2D eigenvalue weighted by atomic mass is 19.1. The molecule has 80 valence electrons. The number of hydrogen-bond donors (Lipinski definition) is 1. The fourth-order valence-corrected chi connectivity index (χ4v) is 1.29. The van der Waals surface area contributed by atoms with Gasteiger partial charge in [-0.25, -0.2) is 4.39 Å². The van der Waals surface area contributed by atoms with Gasteiger partial charge in [-0.05, 0) is 30.7 Å². The third kappa shape index (κ3) is 3.69. The fourth-order valence-electron chi connectivity index (χ4n) is 1.29. The van der Waals surface area contributed by atoms with Gasteiger partial charge in [-0.1, -0.05) is 19.4 Å². The summed E-state index contributed by atoms with van der Waals surface area (Å²) in [7, 11) is 0. The summed E-state index contributed by atoms with van der Waals surface area (Å²) in [6.07, 6.45) is 2.27. The molecule has 0 amide bonds. The summed E-state index contributed by atoms with van der Waals surface area (Å²) in [5.74, 6) is -0.438. The molecule has 1 rings (SSSR count). The van der Waals surface area contributed by atoms with Crippen LogP contribution in [0.1, 0.15) is 30.9 Å². The zero-order valence-corrected chi connectivity index (χ0v) is 8.89. The Kier molecular flexibility index (Phi) is 4.79. The van der Waals surface area contributed by atoms with Crippen molar-refractivity contribution in [1.82, 2.24) is 5.32 Å². The van der Waals surface area contributed by atoms with Crippen LogP contribution in [0.2, 0.25) is 0 Å². The first-order chi connectivity index (χ1) is 7.27. The third-order valence-electron chi connectivity index (χ3n) is 2.19. The first-order valence-corrected chi connectivity index (χ1v) is 5.17. The largest absolute Gasteiger partial charge is 0.313 e. The lowest BCUT2D eigenvalue weighted by Crippen LogP contribution is -2.14. The van der Waals surface area contributed by atoms with Gasteiger partial charge in [0.25, 0.3) is 0 Å². The highest BCUT2D eigenvalue weighted by molar-refractivity contribution is 5.33. The second-order valence-corrected chi connectivity index (χ2v) is 3.46. The van der Waals surface area contributed by atoms with Gasteiger partial charge in [-0.2, -0.15) is 5.26 Å². The molecule has 15 heavy (non-hydrogen) atoms. The van der Waals surface area contributed by atoms with Crippen molar-refractivity contribution in [1.29, 1.82) is 5.26 Å². The van der Waals surface area contributed by atoms with Crippen molar-refractivity contribution in [3.05, 3.63) is 35.1 Å². The van der Waals surface area contributed by atoms with Crippen LogP contribution >= 0.6 is 0 Å². The van der Waals surface area contributed by atoms with Crippen LogP contribution in [-0.2, 0) is 6.54 Å². The van der Waals surface area contributed by atoms with Gasteiger partial charge < -0.3 is 5.32 Å². The molecular formula is C12H15FN2. The van der Waals surface area contributed by atoms with Crippen LogP contribution in [-0.4, -0.2) is 6.54 Å². The van der Waals surface area contributed by atoms with Crippen molar-refractivity contribution in [2.45, 2.75) is 26.3 Å². The van der Waals surface area contributed by atoms with Crippen molar-refractivity contribution in [3.63, 3.8) is 0 Å². The second kappa shape index (κ2) is 6.15. The van der Waals surface area contributed by atoms with Crippen LogP contribution in [0.3, 0.4) is 0 Å². The summed E-state index contributed by atoms with van der Waals surface area (Å²) in [6, 6.07) is 6.52. The molecular weight excluding hydrogens is 191 g/mol. The number of unbranched alkanes of at least 4 members (excludes halogenated alkanes) is 1. The Labute approximate surface area is 89.7 Å². The molecule has 0 aromatic heterocycles. The highest BCUT2D eigenvalue weighted by Gasteiger charge is 2.01. The molecule has 2 nitrogen and oxygen atoms in total. The van der Waals surface area contributed by atoms with Crippen molar-refractivity contribution in [2.24, 2.45) is 0 Å². The third-order valence-corrected chi connectivity index (χ3v) is 2.19. The van der Waals surface area contributed by atoms with E-state index in [0.29, 0.717) is 6.54 Å².